The first-order chi connectivity index (χ1) is 11.9. The van der Waals surface area contributed by atoms with Crippen LogP contribution in [0.4, 0.5) is 0 Å². The van der Waals surface area contributed by atoms with Gasteiger partial charge in [-0.3, -0.25) is 0 Å². The van der Waals surface area contributed by atoms with Crippen molar-refractivity contribution < 1.29 is 17.3 Å². The number of hydrogen-bond donors (Lipinski definition) is 0. The van der Waals surface area contributed by atoms with Crippen LogP contribution < -0.4 is 5.63 Å². The zero-order chi connectivity index (χ0) is 17.8. The van der Waals surface area contributed by atoms with Gasteiger partial charge in [-0.1, -0.05) is 18.2 Å². The molecule has 0 aliphatic rings. The molecule has 0 N–H and O–H groups in total. The summed E-state index contributed by atoms with van der Waals surface area (Å²) in [6.07, 6.45) is 0. The Hall–Kier alpha value is -2.45. The van der Waals surface area contributed by atoms with Crippen molar-refractivity contribution in [2.24, 2.45) is 0 Å². The van der Waals surface area contributed by atoms with E-state index in [1.54, 1.807) is 37.3 Å². The number of rotatable bonds is 2. The molecule has 4 rings (SSSR count). The summed E-state index contributed by atoms with van der Waals surface area (Å²) in [7, 11) is -3.90. The quantitative estimate of drug-likeness (QED) is 0.458. The summed E-state index contributed by atoms with van der Waals surface area (Å²) in [4.78, 5) is 16.1. The third kappa shape index (κ3) is 2.40. The van der Waals surface area contributed by atoms with Crippen molar-refractivity contribution in [3.05, 3.63) is 62.9 Å². The molecule has 0 aliphatic heterocycles. The van der Waals surface area contributed by atoms with E-state index in [0.717, 1.165) is 0 Å². The van der Waals surface area contributed by atoms with E-state index in [4.69, 9.17) is 8.83 Å². The van der Waals surface area contributed by atoms with Gasteiger partial charge in [0.15, 0.2) is 16.7 Å². The molecule has 0 radical (unpaired) electrons. The van der Waals surface area contributed by atoms with Crippen molar-refractivity contribution in [1.82, 2.24) is 4.98 Å². The summed E-state index contributed by atoms with van der Waals surface area (Å²) in [5.74, 6) is 0. The predicted molar refractivity (Wildman–Crippen MR) is 94.4 cm³/mol. The fraction of sp³-hybridized carbons (Fsp3) is 0.0588. The average Bonchev–Trinajstić information content (AvgIpc) is 3.06. The lowest BCUT2D eigenvalue weighted by atomic mass is 10.1. The second-order valence-corrected chi connectivity index (χ2v) is 8.03. The summed E-state index contributed by atoms with van der Waals surface area (Å²) in [5, 5.41) is 0.209. The Morgan fingerprint density at radius 3 is 2.48 bits per heavy atom. The van der Waals surface area contributed by atoms with Crippen LogP contribution in [0.1, 0.15) is 5.56 Å². The highest BCUT2D eigenvalue weighted by Gasteiger charge is 2.26. The fourth-order valence-corrected chi connectivity index (χ4v) is 3.99. The fourth-order valence-electron chi connectivity index (χ4n) is 2.57. The summed E-state index contributed by atoms with van der Waals surface area (Å²) in [5.41, 5.74) is 0.740. The molecule has 0 atom stereocenters. The van der Waals surface area contributed by atoms with Crippen LogP contribution in [-0.4, -0.2) is 13.4 Å². The molecule has 2 heterocycles. The normalized spacial score (nSPS) is 12.1. The van der Waals surface area contributed by atoms with Crippen molar-refractivity contribution in [3.63, 3.8) is 0 Å². The van der Waals surface area contributed by atoms with Gasteiger partial charge < -0.3 is 8.83 Å². The number of aryl methyl sites for hydroxylation is 1. The van der Waals surface area contributed by atoms with E-state index >= 15 is 0 Å². The number of oxazole rings is 1. The Labute approximate surface area is 150 Å². The van der Waals surface area contributed by atoms with Crippen molar-refractivity contribution in [2.75, 3.05) is 0 Å². The standard InChI is InChI=1S/C17H10BrNO5S/c1-9-11-7-8-12-14(15(11)24-16(20)13(9)18)19-17(23-12)25(21,22)10-5-3-2-4-6-10/h2-8H,1H3. The van der Waals surface area contributed by atoms with Crippen molar-refractivity contribution in [3.8, 4) is 0 Å². The minimum Gasteiger partial charge on any atom is -0.428 e. The highest BCUT2D eigenvalue weighted by atomic mass is 79.9. The maximum Gasteiger partial charge on any atom is 0.351 e. The van der Waals surface area contributed by atoms with E-state index in [1.165, 1.54) is 12.1 Å². The molecule has 8 heteroatoms. The van der Waals surface area contributed by atoms with Gasteiger partial charge in [0.25, 0.3) is 9.84 Å². The van der Waals surface area contributed by atoms with Crippen LogP contribution in [0.15, 0.2) is 70.7 Å². The minimum atomic E-state index is -3.90. The van der Waals surface area contributed by atoms with E-state index in [0.29, 0.717) is 15.4 Å². The van der Waals surface area contributed by atoms with Gasteiger partial charge in [0.1, 0.15) is 4.47 Å². The van der Waals surface area contributed by atoms with Crippen LogP contribution in [0, 0.1) is 6.92 Å². The zero-order valence-electron chi connectivity index (χ0n) is 12.8. The molecule has 0 saturated heterocycles. The largest absolute Gasteiger partial charge is 0.428 e. The smallest absolute Gasteiger partial charge is 0.351 e. The van der Waals surface area contributed by atoms with Gasteiger partial charge in [0, 0.05) is 5.39 Å². The van der Waals surface area contributed by atoms with Gasteiger partial charge in [0.2, 0.25) is 0 Å². The molecular weight excluding hydrogens is 410 g/mol. The molecule has 0 fully saturated rings. The predicted octanol–water partition coefficient (Wildman–Crippen LogP) is 3.84. The van der Waals surface area contributed by atoms with Gasteiger partial charge in [-0.05, 0) is 52.7 Å². The van der Waals surface area contributed by atoms with Crippen LogP contribution in [-0.2, 0) is 9.84 Å². The van der Waals surface area contributed by atoms with Gasteiger partial charge in [-0.15, -0.1) is 0 Å². The SMILES string of the molecule is Cc1c(Br)c(=O)oc2c1ccc1oc(S(=O)(=O)c3ccccc3)nc12. The van der Waals surface area contributed by atoms with Crippen LogP contribution in [0.2, 0.25) is 0 Å². The van der Waals surface area contributed by atoms with E-state index in [9.17, 15) is 13.2 Å². The van der Waals surface area contributed by atoms with Crippen molar-refractivity contribution in [1.29, 1.82) is 0 Å². The molecule has 126 valence electrons. The molecule has 6 nitrogen and oxygen atoms in total. The first kappa shape index (κ1) is 16.0. The van der Waals surface area contributed by atoms with Crippen LogP contribution in [0.5, 0.6) is 0 Å². The molecule has 0 amide bonds. The number of halogens is 1. The van der Waals surface area contributed by atoms with Crippen LogP contribution >= 0.6 is 15.9 Å². The lowest BCUT2D eigenvalue weighted by molar-refractivity contribution is 0.458. The van der Waals surface area contributed by atoms with E-state index < -0.39 is 20.7 Å². The van der Waals surface area contributed by atoms with E-state index in [2.05, 4.69) is 20.9 Å². The summed E-state index contributed by atoms with van der Waals surface area (Å²) in [6, 6.07) is 11.2. The molecule has 25 heavy (non-hydrogen) atoms. The summed E-state index contributed by atoms with van der Waals surface area (Å²) in [6.45, 7) is 1.76. The Bertz CT molecular complexity index is 1290. The van der Waals surface area contributed by atoms with Crippen LogP contribution in [0.3, 0.4) is 0 Å². The van der Waals surface area contributed by atoms with Crippen molar-refractivity contribution in [2.45, 2.75) is 17.0 Å². The molecule has 2 aromatic carbocycles. The number of aromatic nitrogens is 1. The van der Waals surface area contributed by atoms with Gasteiger partial charge in [-0.2, -0.15) is 4.98 Å². The number of fused-ring (bicyclic) bond motifs is 3. The van der Waals surface area contributed by atoms with Gasteiger partial charge >= 0.3 is 10.8 Å². The maximum atomic E-state index is 12.7. The minimum absolute atomic E-state index is 0.0752. The van der Waals surface area contributed by atoms with Crippen LogP contribution in [0.25, 0.3) is 22.1 Å². The second kappa shape index (κ2) is 5.53. The monoisotopic (exact) mass is 419 g/mol. The van der Waals surface area contributed by atoms with Gasteiger partial charge in [-0.25, -0.2) is 13.2 Å². The molecule has 2 aromatic heterocycles. The Balaban J connectivity index is 2.04. The lowest BCUT2D eigenvalue weighted by Gasteiger charge is -2.02. The lowest BCUT2D eigenvalue weighted by Crippen LogP contribution is -2.03. The topological polar surface area (TPSA) is 90.4 Å². The summed E-state index contributed by atoms with van der Waals surface area (Å²) >= 11 is 3.19. The molecule has 0 saturated carbocycles. The maximum absolute atomic E-state index is 12.7. The van der Waals surface area contributed by atoms with Gasteiger partial charge in [0.05, 0.1) is 4.90 Å². The molecule has 0 unspecified atom stereocenters. The average molecular weight is 420 g/mol. The second-order valence-electron chi connectivity index (χ2n) is 5.41. The molecule has 0 bridgehead atoms. The summed E-state index contributed by atoms with van der Waals surface area (Å²) < 4.78 is 36.4. The van der Waals surface area contributed by atoms with Crippen molar-refractivity contribution >= 4 is 47.8 Å². The molecule has 0 aliphatic carbocycles. The number of hydrogen-bond acceptors (Lipinski definition) is 6. The number of nitrogens with zero attached hydrogens (tertiary/aromatic N) is 1. The molecular formula is C17H10BrNO5S. The van der Waals surface area contributed by atoms with E-state index in [-0.39, 0.29) is 21.6 Å². The first-order valence-corrected chi connectivity index (χ1v) is 9.50. The Kier molecular flexibility index (Phi) is 3.55. The highest BCUT2D eigenvalue weighted by Crippen LogP contribution is 2.31. The molecule has 0 spiro atoms. The Morgan fingerprint density at radius 2 is 1.76 bits per heavy atom. The Morgan fingerprint density at radius 1 is 1.04 bits per heavy atom. The number of benzene rings is 2. The highest BCUT2D eigenvalue weighted by molar-refractivity contribution is 9.10. The van der Waals surface area contributed by atoms with E-state index in [1.807, 2.05) is 0 Å². The third-order valence-electron chi connectivity index (χ3n) is 3.89. The third-order valence-corrected chi connectivity index (χ3v) is 6.33. The zero-order valence-corrected chi connectivity index (χ0v) is 15.2. The molecule has 4 aromatic rings. The number of sulfone groups is 1. The first-order valence-electron chi connectivity index (χ1n) is 7.22.